The van der Waals surface area contributed by atoms with E-state index in [0.717, 1.165) is 12.8 Å². The van der Waals surface area contributed by atoms with E-state index in [4.69, 9.17) is 26.3 Å². The average molecular weight is 266 g/mol. The molecule has 18 heavy (non-hydrogen) atoms. The Bertz CT molecular complexity index is 459. The van der Waals surface area contributed by atoms with E-state index in [2.05, 4.69) is 6.07 Å². The van der Waals surface area contributed by atoms with Crippen LogP contribution in [0.5, 0.6) is 5.75 Å². The van der Waals surface area contributed by atoms with Crippen LogP contribution in [0.4, 0.5) is 0 Å². The summed E-state index contributed by atoms with van der Waals surface area (Å²) in [6.07, 6.45) is 2.12. The number of ether oxygens (including phenoxy) is 2. The third-order valence-corrected chi connectivity index (χ3v) is 3.25. The number of halogens is 1. The van der Waals surface area contributed by atoms with Crippen molar-refractivity contribution in [2.75, 3.05) is 0 Å². The van der Waals surface area contributed by atoms with Gasteiger partial charge in [0.1, 0.15) is 17.9 Å². The van der Waals surface area contributed by atoms with Gasteiger partial charge in [0.2, 0.25) is 0 Å². The zero-order valence-corrected chi connectivity index (χ0v) is 11.3. The molecular weight excluding hydrogens is 250 g/mol. The van der Waals surface area contributed by atoms with Crippen LogP contribution in [-0.2, 0) is 4.74 Å². The van der Waals surface area contributed by atoms with Gasteiger partial charge in [-0.05, 0) is 26.0 Å². The van der Waals surface area contributed by atoms with Crippen LogP contribution in [0.25, 0.3) is 0 Å². The summed E-state index contributed by atoms with van der Waals surface area (Å²) in [6, 6.07) is 7.20. The molecule has 3 nitrogen and oxygen atoms in total. The minimum Gasteiger partial charge on any atom is -0.489 e. The fourth-order valence-corrected chi connectivity index (χ4v) is 2.47. The van der Waals surface area contributed by atoms with Crippen LogP contribution < -0.4 is 4.74 Å². The van der Waals surface area contributed by atoms with Gasteiger partial charge >= 0.3 is 0 Å². The van der Waals surface area contributed by atoms with Crippen molar-refractivity contribution < 1.29 is 9.47 Å². The van der Waals surface area contributed by atoms with Crippen LogP contribution in [0.15, 0.2) is 18.2 Å². The predicted molar refractivity (Wildman–Crippen MR) is 69.8 cm³/mol. The Kier molecular flexibility index (Phi) is 4.11. The molecule has 0 aliphatic carbocycles. The molecule has 0 radical (unpaired) electrons. The summed E-state index contributed by atoms with van der Waals surface area (Å²) in [6.45, 7) is 4.07. The van der Waals surface area contributed by atoms with Crippen molar-refractivity contribution in [2.24, 2.45) is 0 Å². The van der Waals surface area contributed by atoms with Gasteiger partial charge < -0.3 is 9.47 Å². The molecule has 2 rings (SSSR count). The topological polar surface area (TPSA) is 42.2 Å². The molecule has 0 spiro atoms. The summed E-state index contributed by atoms with van der Waals surface area (Å²) in [5, 5.41) is 9.63. The van der Waals surface area contributed by atoms with Gasteiger partial charge in [-0.1, -0.05) is 11.6 Å². The molecule has 0 amide bonds. The quantitative estimate of drug-likeness (QED) is 0.821. The maximum absolute atomic E-state index is 9.04. The van der Waals surface area contributed by atoms with E-state index in [1.165, 1.54) is 0 Å². The molecule has 2 unspecified atom stereocenters. The molecule has 0 N–H and O–H groups in total. The van der Waals surface area contributed by atoms with Gasteiger partial charge in [-0.25, -0.2) is 0 Å². The van der Waals surface area contributed by atoms with Crippen molar-refractivity contribution in [3.8, 4) is 11.8 Å². The molecule has 96 valence electrons. The lowest BCUT2D eigenvalue weighted by Crippen LogP contribution is -2.35. The predicted octanol–water partition coefficient (Wildman–Crippen LogP) is 3.55. The van der Waals surface area contributed by atoms with E-state index < -0.39 is 0 Å². The van der Waals surface area contributed by atoms with Crippen LogP contribution in [0.3, 0.4) is 0 Å². The van der Waals surface area contributed by atoms with Crippen LogP contribution in [0, 0.1) is 11.3 Å². The molecule has 1 fully saturated rings. The fourth-order valence-electron chi connectivity index (χ4n) is 2.31. The molecule has 0 aromatic heterocycles. The number of nitrogens with zero attached hydrogens (tertiary/aromatic N) is 1. The number of nitriles is 1. The second-order valence-corrected chi connectivity index (χ2v) is 5.16. The van der Waals surface area contributed by atoms with Crippen molar-refractivity contribution in [1.82, 2.24) is 0 Å². The van der Waals surface area contributed by atoms with E-state index in [1.54, 1.807) is 18.2 Å². The van der Waals surface area contributed by atoms with Gasteiger partial charge in [-0.2, -0.15) is 5.26 Å². The fraction of sp³-hybridized carbons (Fsp3) is 0.500. The number of benzene rings is 1. The Morgan fingerprint density at radius 1 is 1.33 bits per heavy atom. The average Bonchev–Trinajstić information content (AvgIpc) is 2.27. The highest BCUT2D eigenvalue weighted by Crippen LogP contribution is 2.28. The Morgan fingerprint density at radius 3 is 2.61 bits per heavy atom. The molecule has 1 aromatic rings. The van der Waals surface area contributed by atoms with Gasteiger partial charge in [-0.15, -0.1) is 0 Å². The van der Waals surface area contributed by atoms with E-state index in [9.17, 15) is 0 Å². The Labute approximate surface area is 112 Å². The largest absolute Gasteiger partial charge is 0.489 e. The van der Waals surface area contributed by atoms with Crippen molar-refractivity contribution in [2.45, 2.75) is 45.0 Å². The first-order valence-electron chi connectivity index (χ1n) is 6.10. The first-order chi connectivity index (χ1) is 8.58. The van der Waals surface area contributed by atoms with Crippen molar-refractivity contribution >= 4 is 11.6 Å². The Balaban J connectivity index is 2.13. The molecule has 0 bridgehead atoms. The zero-order chi connectivity index (χ0) is 13.1. The Hall–Kier alpha value is -1.24. The van der Waals surface area contributed by atoms with E-state index in [1.807, 2.05) is 13.8 Å². The van der Waals surface area contributed by atoms with Gasteiger partial charge in [-0.3, -0.25) is 0 Å². The molecule has 1 aliphatic rings. The molecule has 2 atom stereocenters. The number of hydrogen-bond acceptors (Lipinski definition) is 3. The molecular formula is C14H16ClNO2. The second kappa shape index (κ2) is 5.60. The van der Waals surface area contributed by atoms with Crippen molar-refractivity contribution in [3.05, 3.63) is 28.8 Å². The van der Waals surface area contributed by atoms with Crippen LogP contribution in [0.1, 0.15) is 32.3 Å². The minimum atomic E-state index is 0.0781. The minimum absolute atomic E-state index is 0.0781. The van der Waals surface area contributed by atoms with Gasteiger partial charge in [0.15, 0.2) is 0 Å². The maximum Gasteiger partial charge on any atom is 0.138 e. The molecule has 1 saturated heterocycles. The van der Waals surface area contributed by atoms with Crippen LogP contribution in [-0.4, -0.2) is 18.3 Å². The smallest absolute Gasteiger partial charge is 0.138 e. The highest BCUT2D eigenvalue weighted by atomic mass is 35.5. The lowest BCUT2D eigenvalue weighted by Gasteiger charge is -2.32. The van der Waals surface area contributed by atoms with Crippen LogP contribution in [0.2, 0.25) is 5.02 Å². The van der Waals surface area contributed by atoms with E-state index >= 15 is 0 Å². The zero-order valence-electron chi connectivity index (χ0n) is 10.5. The number of hydrogen-bond donors (Lipinski definition) is 0. The monoisotopic (exact) mass is 265 g/mol. The molecule has 1 aromatic carbocycles. The van der Waals surface area contributed by atoms with Crippen LogP contribution >= 0.6 is 11.6 Å². The van der Waals surface area contributed by atoms with Crippen molar-refractivity contribution in [1.29, 1.82) is 5.26 Å². The SMILES string of the molecule is CC1CC(Oc2cc(Cl)ccc2C#N)CC(C)O1. The molecule has 1 aliphatic heterocycles. The standard InChI is InChI=1S/C14H16ClNO2/c1-9-5-13(6-10(2)17-9)18-14-7-12(15)4-3-11(14)8-16/h3-4,7,9-10,13H,5-6H2,1-2H3. The number of rotatable bonds is 2. The maximum atomic E-state index is 9.04. The first kappa shape index (κ1) is 13.2. The lowest BCUT2D eigenvalue weighted by atomic mass is 10.0. The highest BCUT2D eigenvalue weighted by Gasteiger charge is 2.26. The summed E-state index contributed by atoms with van der Waals surface area (Å²) < 4.78 is 11.6. The highest BCUT2D eigenvalue weighted by molar-refractivity contribution is 6.30. The summed E-state index contributed by atoms with van der Waals surface area (Å²) in [4.78, 5) is 0. The summed E-state index contributed by atoms with van der Waals surface area (Å²) in [5.74, 6) is 0.566. The van der Waals surface area contributed by atoms with E-state index in [-0.39, 0.29) is 18.3 Å². The van der Waals surface area contributed by atoms with Gasteiger partial charge in [0, 0.05) is 23.9 Å². The third-order valence-electron chi connectivity index (χ3n) is 3.01. The summed E-state index contributed by atoms with van der Waals surface area (Å²) >= 11 is 5.93. The van der Waals surface area contributed by atoms with Gasteiger partial charge in [0.05, 0.1) is 17.8 Å². The molecule has 0 saturated carbocycles. The van der Waals surface area contributed by atoms with Gasteiger partial charge in [0.25, 0.3) is 0 Å². The normalized spacial score (nSPS) is 27.6. The van der Waals surface area contributed by atoms with Crippen molar-refractivity contribution in [3.63, 3.8) is 0 Å². The second-order valence-electron chi connectivity index (χ2n) is 4.72. The van der Waals surface area contributed by atoms with E-state index in [0.29, 0.717) is 16.3 Å². The third kappa shape index (κ3) is 3.16. The Morgan fingerprint density at radius 2 is 2.00 bits per heavy atom. The lowest BCUT2D eigenvalue weighted by molar-refractivity contribution is -0.0721. The first-order valence-corrected chi connectivity index (χ1v) is 6.48. The summed E-state index contributed by atoms with van der Waals surface area (Å²) in [7, 11) is 0. The summed E-state index contributed by atoms with van der Waals surface area (Å²) in [5.41, 5.74) is 0.520. The molecule has 1 heterocycles. The molecule has 4 heteroatoms.